The Labute approximate surface area is 154 Å². The normalized spacial score (nSPS) is 20.8. The van der Waals surface area contributed by atoms with E-state index in [9.17, 15) is 0 Å². The first kappa shape index (κ1) is 15.0. The molecule has 0 saturated carbocycles. The molecule has 0 amide bonds. The number of methoxy groups -OCH3 is 1. The Balaban J connectivity index is 1.60. The molecule has 0 atom stereocenters. The van der Waals surface area contributed by atoms with E-state index in [1.54, 1.807) is 22.7 Å². The van der Waals surface area contributed by atoms with Gasteiger partial charge in [0.15, 0.2) is 0 Å². The summed E-state index contributed by atoms with van der Waals surface area (Å²) in [5.41, 5.74) is 5.99. The number of hydrogen-bond acceptors (Lipinski definition) is 3. The van der Waals surface area contributed by atoms with Crippen molar-refractivity contribution >= 4 is 42.1 Å². The number of nitrogens with one attached hydrogen (secondary N) is 1. The third-order valence-electron chi connectivity index (χ3n) is 5.30. The first-order valence-electron chi connectivity index (χ1n) is 8.37. The van der Waals surface area contributed by atoms with Crippen LogP contribution < -0.4 is 13.4 Å². The van der Waals surface area contributed by atoms with Crippen LogP contribution in [-0.2, 0) is 6.42 Å². The van der Waals surface area contributed by atoms with E-state index < -0.39 is 21.4 Å². The average Bonchev–Trinajstić information content (AvgIpc) is 3.31. The van der Waals surface area contributed by atoms with Gasteiger partial charge in [-0.3, -0.25) is 0 Å². The molecule has 2 aromatic carbocycles. The molecule has 1 saturated heterocycles. The molecule has 4 heteroatoms. The Kier molecular flexibility index (Phi) is 3.71. The number of para-hydroxylation sites is 1. The molecule has 0 spiro atoms. The summed E-state index contributed by atoms with van der Waals surface area (Å²) in [7, 11) is 1.77. The Hall–Kier alpha value is -1.26. The van der Waals surface area contributed by atoms with Crippen molar-refractivity contribution in [3.05, 3.63) is 72.0 Å². The van der Waals surface area contributed by atoms with Crippen molar-refractivity contribution in [1.29, 1.82) is 0 Å². The fourth-order valence-electron chi connectivity index (χ4n) is 4.28. The number of rotatable bonds is 3. The Bertz CT molecular complexity index is 894. The number of benzene rings is 2. The number of ether oxygens (including phenoxy) is 1. The minimum absolute atomic E-state index is 1.02. The zero-order chi connectivity index (χ0) is 16.1. The van der Waals surface area contributed by atoms with Gasteiger partial charge in [-0.25, -0.2) is 0 Å². The van der Waals surface area contributed by atoms with Crippen LogP contribution in [0.3, 0.4) is 0 Å². The molecule has 1 N–H and O–H groups in total. The topological polar surface area (TPSA) is 21.3 Å². The third kappa shape index (κ3) is 2.12. The number of allylic oxidation sites excluding steroid dienone is 3. The molecule has 24 heavy (non-hydrogen) atoms. The zero-order valence-corrected chi connectivity index (χ0v) is 17.7. The van der Waals surface area contributed by atoms with Gasteiger partial charge in [0, 0.05) is 0 Å². The van der Waals surface area contributed by atoms with Gasteiger partial charge in [-0.05, 0) is 0 Å². The predicted molar refractivity (Wildman–Crippen MR) is 103 cm³/mol. The van der Waals surface area contributed by atoms with Crippen molar-refractivity contribution in [2.75, 3.05) is 18.7 Å². The molecule has 0 aromatic heterocycles. The molecular formula is C20H18InNOS. The van der Waals surface area contributed by atoms with Gasteiger partial charge >= 0.3 is 155 Å². The van der Waals surface area contributed by atoms with Crippen molar-refractivity contribution in [3.8, 4) is 5.75 Å². The molecule has 2 nitrogen and oxygen atoms in total. The maximum atomic E-state index is 5.58. The van der Waals surface area contributed by atoms with Crippen LogP contribution in [0.2, 0.25) is 0 Å². The summed E-state index contributed by atoms with van der Waals surface area (Å²) in [5.74, 6) is 3.27. The van der Waals surface area contributed by atoms with Crippen LogP contribution in [0.4, 0.5) is 0 Å². The van der Waals surface area contributed by atoms with Crippen LogP contribution in [-0.4, -0.2) is 40.2 Å². The summed E-state index contributed by atoms with van der Waals surface area (Å²) in [6.45, 7) is 0. The summed E-state index contributed by atoms with van der Waals surface area (Å²) in [6, 6.07) is 17.6. The standard InChI is InChI=1S/C20H18NOS.In/c1-22-20-10-6-5-9-17(20)11-12-18(13-19-14-23-15-21-19)16-7-3-2-4-8-16;/h2-7,9-10,21H,11,14-15H2,1H3;. The maximum absolute atomic E-state index is 5.58. The quantitative estimate of drug-likeness (QED) is 0.801. The molecular weight excluding hydrogens is 417 g/mol. The van der Waals surface area contributed by atoms with Gasteiger partial charge in [-0.1, -0.05) is 0 Å². The van der Waals surface area contributed by atoms with Crippen LogP contribution >= 0.6 is 11.8 Å². The van der Waals surface area contributed by atoms with E-state index >= 15 is 0 Å². The SMILES string of the molecule is COc1ccccc1C[C]1=C2/[C](=C3\CSCN3)[In]1[c]1ccccc12. The van der Waals surface area contributed by atoms with E-state index in [0.717, 1.165) is 18.0 Å². The van der Waals surface area contributed by atoms with E-state index in [4.69, 9.17) is 4.74 Å². The summed E-state index contributed by atoms with van der Waals surface area (Å²) in [5, 5.41) is 3.64. The second kappa shape index (κ2) is 5.92. The number of hydrogen-bond donors (Lipinski definition) is 1. The average molecular weight is 435 g/mol. The van der Waals surface area contributed by atoms with Gasteiger partial charge in [-0.15, -0.1) is 0 Å². The first-order valence-corrected chi connectivity index (χ1v) is 14.5. The number of thioether (sulfide) groups is 1. The van der Waals surface area contributed by atoms with Crippen molar-refractivity contribution in [1.82, 2.24) is 5.32 Å². The zero-order valence-electron chi connectivity index (χ0n) is 13.6. The van der Waals surface area contributed by atoms with E-state index in [0.29, 0.717) is 0 Å². The second-order valence-electron chi connectivity index (χ2n) is 6.47. The van der Waals surface area contributed by atoms with Crippen molar-refractivity contribution in [2.24, 2.45) is 0 Å². The summed E-state index contributed by atoms with van der Waals surface area (Å²) >= 11 is 0.00657. The summed E-state index contributed by atoms with van der Waals surface area (Å²) in [6.07, 6.45) is 1.07. The van der Waals surface area contributed by atoms with E-state index in [1.807, 2.05) is 11.8 Å². The van der Waals surface area contributed by atoms with E-state index in [2.05, 4.69) is 53.8 Å². The van der Waals surface area contributed by atoms with Gasteiger partial charge in [0.2, 0.25) is 0 Å². The van der Waals surface area contributed by atoms with E-state index in [1.165, 1.54) is 22.6 Å². The van der Waals surface area contributed by atoms with Gasteiger partial charge in [0.25, 0.3) is 0 Å². The Morgan fingerprint density at radius 1 is 1.12 bits per heavy atom. The summed E-state index contributed by atoms with van der Waals surface area (Å²) in [4.78, 5) is 0. The van der Waals surface area contributed by atoms with Crippen molar-refractivity contribution in [2.45, 2.75) is 6.42 Å². The Morgan fingerprint density at radius 2 is 1.96 bits per heavy atom. The minimum atomic E-state index is -2.00. The molecule has 0 unspecified atom stereocenters. The fraction of sp³-hybridized carbons (Fsp3) is 0.200. The monoisotopic (exact) mass is 435 g/mol. The molecule has 4 aliphatic rings. The second-order valence-corrected chi connectivity index (χ2v) is 15.3. The first-order chi connectivity index (χ1) is 11.9. The molecule has 118 valence electrons. The van der Waals surface area contributed by atoms with Crippen LogP contribution in [0.5, 0.6) is 5.75 Å². The van der Waals surface area contributed by atoms with Gasteiger partial charge < -0.3 is 0 Å². The van der Waals surface area contributed by atoms with Crippen LogP contribution in [0, 0.1) is 0 Å². The van der Waals surface area contributed by atoms with Crippen molar-refractivity contribution < 1.29 is 4.74 Å². The van der Waals surface area contributed by atoms with Gasteiger partial charge in [-0.2, -0.15) is 0 Å². The molecule has 1 fully saturated rings. The predicted octanol–water partition coefficient (Wildman–Crippen LogP) is 3.05. The molecule has 2 bridgehead atoms. The van der Waals surface area contributed by atoms with Gasteiger partial charge in [0.1, 0.15) is 0 Å². The van der Waals surface area contributed by atoms with Crippen LogP contribution in [0.15, 0.2) is 60.9 Å². The molecule has 4 aliphatic heterocycles. The fourth-order valence-corrected chi connectivity index (χ4v) is 16.6. The molecule has 0 radical (unpaired) electrons. The molecule has 6 rings (SSSR count). The summed E-state index contributed by atoms with van der Waals surface area (Å²) < 4.78 is 10.8. The van der Waals surface area contributed by atoms with Crippen LogP contribution in [0.25, 0.3) is 5.57 Å². The molecule has 2 aromatic rings. The van der Waals surface area contributed by atoms with Crippen molar-refractivity contribution in [3.63, 3.8) is 0 Å². The van der Waals surface area contributed by atoms with Gasteiger partial charge in [0.05, 0.1) is 0 Å². The van der Waals surface area contributed by atoms with Crippen LogP contribution in [0.1, 0.15) is 11.1 Å². The Morgan fingerprint density at radius 3 is 2.75 bits per heavy atom. The molecule has 0 aliphatic carbocycles. The van der Waals surface area contributed by atoms with E-state index in [-0.39, 0.29) is 0 Å². The molecule has 4 heterocycles. The third-order valence-corrected chi connectivity index (χ3v) is 16.2.